The molecule has 1 amide bonds. The van der Waals surface area contributed by atoms with Crippen LogP contribution in [0.5, 0.6) is 0 Å². The lowest BCUT2D eigenvalue weighted by Gasteiger charge is -2.25. The van der Waals surface area contributed by atoms with Gasteiger partial charge in [-0.05, 0) is 54.8 Å². The number of rotatable bonds is 7. The van der Waals surface area contributed by atoms with Gasteiger partial charge in [0, 0.05) is 0 Å². The molecule has 5 nitrogen and oxygen atoms in total. The highest BCUT2D eigenvalue weighted by atomic mass is 35.5. The average molecular weight is 491 g/mol. The Morgan fingerprint density at radius 3 is 2.03 bits per heavy atom. The van der Waals surface area contributed by atoms with E-state index in [1.807, 2.05) is 19.1 Å². The molecule has 0 heterocycles. The van der Waals surface area contributed by atoms with Gasteiger partial charge in [-0.3, -0.25) is 9.10 Å². The van der Waals surface area contributed by atoms with Gasteiger partial charge in [-0.25, -0.2) is 8.42 Å². The van der Waals surface area contributed by atoms with Gasteiger partial charge in [0.25, 0.3) is 10.0 Å². The molecule has 3 aromatic carbocycles. The van der Waals surface area contributed by atoms with Crippen molar-refractivity contribution < 1.29 is 13.2 Å². The monoisotopic (exact) mass is 490 g/mol. The molecule has 0 spiro atoms. The number of sulfonamides is 1. The molecule has 32 heavy (non-hydrogen) atoms. The summed E-state index contributed by atoms with van der Waals surface area (Å²) in [5.41, 5.74) is 2.62. The summed E-state index contributed by atoms with van der Waals surface area (Å²) in [6.07, 6.45) is 0. The first-order chi connectivity index (χ1) is 15.1. The van der Waals surface area contributed by atoms with Crippen LogP contribution in [0, 0.1) is 6.92 Å². The number of carbonyl (C=O) groups is 1. The van der Waals surface area contributed by atoms with Crippen LogP contribution >= 0.6 is 23.2 Å². The number of hydrogen-bond donors (Lipinski definition) is 1. The molecule has 0 radical (unpaired) electrons. The zero-order valence-electron chi connectivity index (χ0n) is 18.0. The average Bonchev–Trinajstić information content (AvgIpc) is 2.75. The topological polar surface area (TPSA) is 66.5 Å². The number of nitrogens with one attached hydrogen (secondary N) is 1. The zero-order valence-corrected chi connectivity index (χ0v) is 20.3. The third-order valence-corrected chi connectivity index (χ3v) is 7.39. The molecule has 0 aromatic heterocycles. The predicted octanol–water partition coefficient (Wildman–Crippen LogP) is 6.26. The third kappa shape index (κ3) is 5.44. The van der Waals surface area contributed by atoms with Crippen LogP contribution in [0.15, 0.2) is 71.6 Å². The molecule has 0 aliphatic rings. The van der Waals surface area contributed by atoms with Crippen molar-refractivity contribution in [1.82, 2.24) is 0 Å². The fourth-order valence-corrected chi connectivity index (χ4v) is 5.02. The second-order valence-electron chi connectivity index (χ2n) is 7.72. The van der Waals surface area contributed by atoms with Crippen LogP contribution in [0.4, 0.5) is 11.4 Å². The van der Waals surface area contributed by atoms with E-state index >= 15 is 0 Å². The van der Waals surface area contributed by atoms with E-state index in [-0.39, 0.29) is 26.5 Å². The Kier molecular flexibility index (Phi) is 7.49. The van der Waals surface area contributed by atoms with E-state index in [9.17, 15) is 13.2 Å². The van der Waals surface area contributed by atoms with Gasteiger partial charge in [0.15, 0.2) is 0 Å². The van der Waals surface area contributed by atoms with Crippen LogP contribution in [0.3, 0.4) is 0 Å². The Labute approximate surface area is 199 Å². The Bertz CT molecular complexity index is 1190. The fourth-order valence-electron chi connectivity index (χ4n) is 3.10. The Morgan fingerprint density at radius 1 is 0.938 bits per heavy atom. The lowest BCUT2D eigenvalue weighted by molar-refractivity contribution is -0.114. The second-order valence-corrected chi connectivity index (χ2v) is 10.4. The van der Waals surface area contributed by atoms with E-state index in [4.69, 9.17) is 23.2 Å². The van der Waals surface area contributed by atoms with Crippen molar-refractivity contribution in [2.75, 3.05) is 16.2 Å². The van der Waals surface area contributed by atoms with Crippen LogP contribution in [0.2, 0.25) is 10.0 Å². The predicted molar refractivity (Wildman–Crippen MR) is 131 cm³/mol. The highest BCUT2D eigenvalue weighted by Gasteiger charge is 2.27. The van der Waals surface area contributed by atoms with E-state index in [1.54, 1.807) is 42.5 Å². The number of anilines is 2. The van der Waals surface area contributed by atoms with Crippen LogP contribution in [0.1, 0.15) is 30.9 Å². The fraction of sp³-hybridized carbons (Fsp3) is 0.208. The van der Waals surface area contributed by atoms with E-state index in [2.05, 4.69) is 19.2 Å². The summed E-state index contributed by atoms with van der Waals surface area (Å²) in [5, 5.41) is 3.16. The number of carbonyl (C=O) groups excluding carboxylic acids is 1. The van der Waals surface area contributed by atoms with Crippen LogP contribution in [-0.4, -0.2) is 20.9 Å². The van der Waals surface area contributed by atoms with Crippen LogP contribution in [-0.2, 0) is 14.8 Å². The van der Waals surface area contributed by atoms with Crippen molar-refractivity contribution in [2.24, 2.45) is 0 Å². The van der Waals surface area contributed by atoms with Crippen molar-refractivity contribution in [3.63, 3.8) is 0 Å². The highest BCUT2D eigenvalue weighted by molar-refractivity contribution is 7.92. The zero-order chi connectivity index (χ0) is 23.5. The minimum atomic E-state index is -4.01. The summed E-state index contributed by atoms with van der Waals surface area (Å²) in [6.45, 7) is 5.53. The number of amides is 1. The number of nitrogens with zero attached hydrogens (tertiary/aromatic N) is 1. The Morgan fingerprint density at radius 2 is 1.50 bits per heavy atom. The van der Waals surface area contributed by atoms with Gasteiger partial charge < -0.3 is 5.32 Å². The molecule has 0 bridgehead atoms. The van der Waals surface area contributed by atoms with Gasteiger partial charge >= 0.3 is 0 Å². The number of halogens is 2. The van der Waals surface area contributed by atoms with Gasteiger partial charge in [-0.1, -0.05) is 72.9 Å². The second kappa shape index (κ2) is 9.94. The van der Waals surface area contributed by atoms with E-state index in [0.717, 1.165) is 15.4 Å². The lowest BCUT2D eigenvalue weighted by Crippen LogP contribution is -2.38. The van der Waals surface area contributed by atoms with Crippen LogP contribution < -0.4 is 9.62 Å². The maximum absolute atomic E-state index is 13.5. The molecule has 0 unspecified atom stereocenters. The summed E-state index contributed by atoms with van der Waals surface area (Å²) < 4.78 is 28.0. The van der Waals surface area contributed by atoms with Gasteiger partial charge in [0.2, 0.25) is 5.91 Å². The summed E-state index contributed by atoms with van der Waals surface area (Å²) in [5.74, 6) is -0.277. The maximum atomic E-state index is 13.5. The van der Waals surface area contributed by atoms with Crippen molar-refractivity contribution in [1.29, 1.82) is 0 Å². The summed E-state index contributed by atoms with van der Waals surface area (Å²) >= 11 is 12.3. The SMILES string of the molecule is Cc1ccc(S(=O)(=O)N(CC(=O)Nc2c(Cl)cccc2Cl)c2ccc(C(C)C)cc2)cc1. The molecule has 0 aliphatic heterocycles. The molecule has 0 saturated heterocycles. The van der Waals surface area contributed by atoms with E-state index in [0.29, 0.717) is 5.69 Å². The molecule has 0 fully saturated rings. The number of benzene rings is 3. The first kappa shape index (κ1) is 24.1. The molecular formula is C24H24Cl2N2O3S. The number of hydrogen-bond acceptors (Lipinski definition) is 3. The lowest BCUT2D eigenvalue weighted by atomic mass is 10.0. The Balaban J connectivity index is 1.98. The molecule has 0 saturated carbocycles. The molecule has 0 aliphatic carbocycles. The normalized spacial score (nSPS) is 11.4. The number of para-hydroxylation sites is 1. The third-order valence-electron chi connectivity index (χ3n) is 4.97. The van der Waals surface area contributed by atoms with Gasteiger partial charge in [0.1, 0.15) is 6.54 Å². The highest BCUT2D eigenvalue weighted by Crippen LogP contribution is 2.30. The molecule has 0 atom stereocenters. The molecule has 8 heteroatoms. The summed E-state index contributed by atoms with van der Waals surface area (Å²) in [7, 11) is -4.01. The minimum Gasteiger partial charge on any atom is -0.322 e. The Hall–Kier alpha value is -2.54. The van der Waals surface area contributed by atoms with Gasteiger partial charge in [0.05, 0.1) is 26.3 Å². The van der Waals surface area contributed by atoms with Gasteiger partial charge in [-0.2, -0.15) is 0 Å². The van der Waals surface area contributed by atoms with Crippen molar-refractivity contribution in [3.8, 4) is 0 Å². The summed E-state index contributed by atoms with van der Waals surface area (Å²) in [4.78, 5) is 13.0. The molecule has 168 valence electrons. The first-order valence-electron chi connectivity index (χ1n) is 10.0. The number of aryl methyl sites for hydroxylation is 1. The smallest absolute Gasteiger partial charge is 0.264 e. The van der Waals surface area contributed by atoms with Gasteiger partial charge in [-0.15, -0.1) is 0 Å². The van der Waals surface area contributed by atoms with E-state index in [1.165, 1.54) is 12.1 Å². The standard InChI is InChI=1S/C24H24Cl2N2O3S/c1-16(2)18-9-11-19(12-10-18)28(32(30,31)20-13-7-17(3)8-14-20)15-23(29)27-24-21(25)5-4-6-22(24)26/h4-14,16H,15H2,1-3H3,(H,27,29). The largest absolute Gasteiger partial charge is 0.322 e. The molecular weight excluding hydrogens is 467 g/mol. The first-order valence-corrected chi connectivity index (χ1v) is 12.2. The summed E-state index contributed by atoms with van der Waals surface area (Å²) in [6, 6.07) is 18.5. The molecule has 3 rings (SSSR count). The van der Waals surface area contributed by atoms with Crippen molar-refractivity contribution >= 4 is 50.5 Å². The van der Waals surface area contributed by atoms with Crippen molar-refractivity contribution in [3.05, 3.63) is 87.9 Å². The van der Waals surface area contributed by atoms with Crippen LogP contribution in [0.25, 0.3) is 0 Å². The van der Waals surface area contributed by atoms with E-state index < -0.39 is 22.5 Å². The molecule has 3 aromatic rings. The molecule has 1 N–H and O–H groups in total. The quantitative estimate of drug-likeness (QED) is 0.424. The minimum absolute atomic E-state index is 0.0969. The van der Waals surface area contributed by atoms with Crippen molar-refractivity contribution in [2.45, 2.75) is 31.6 Å². The maximum Gasteiger partial charge on any atom is 0.264 e.